The molecule has 0 radical (unpaired) electrons. The lowest BCUT2D eigenvalue weighted by molar-refractivity contribution is -0.150. The topological polar surface area (TPSA) is 73.9 Å². The number of nitrogens with one attached hydrogen (secondary N) is 1. The molecule has 0 saturated heterocycles. The maximum atomic E-state index is 13.2. The number of carbonyl (C=O) groups is 2. The highest BCUT2D eigenvalue weighted by Crippen LogP contribution is 2.34. The van der Waals surface area contributed by atoms with Crippen molar-refractivity contribution in [2.45, 2.75) is 17.9 Å². The van der Waals surface area contributed by atoms with Gasteiger partial charge in [0.1, 0.15) is 13.2 Å². The summed E-state index contributed by atoms with van der Waals surface area (Å²) >= 11 is 1.23. The van der Waals surface area contributed by atoms with Crippen LogP contribution in [0.4, 0.5) is 14.5 Å². The smallest absolute Gasteiger partial charge is 0.317 e. The lowest BCUT2D eigenvalue weighted by atomic mass is 10.3. The van der Waals surface area contributed by atoms with Gasteiger partial charge in [-0.3, -0.25) is 9.59 Å². The highest BCUT2D eigenvalue weighted by atomic mass is 32.2. The number of rotatable bonds is 6. The molecule has 1 amide bonds. The summed E-state index contributed by atoms with van der Waals surface area (Å²) in [5.41, 5.74) is 0.0671. The van der Waals surface area contributed by atoms with Crippen LogP contribution in [0.2, 0.25) is 0 Å². The Morgan fingerprint density at radius 1 is 1.11 bits per heavy atom. The molecule has 1 heterocycles. The molecule has 148 valence electrons. The minimum atomic E-state index is -1.10. The van der Waals surface area contributed by atoms with Gasteiger partial charge >= 0.3 is 5.97 Å². The van der Waals surface area contributed by atoms with Gasteiger partial charge in [0.2, 0.25) is 0 Å². The molecule has 1 aliphatic rings. The van der Waals surface area contributed by atoms with Crippen LogP contribution < -0.4 is 14.8 Å². The molecule has 0 spiro atoms. The summed E-state index contributed by atoms with van der Waals surface area (Å²) in [6.07, 6.45) is -1.10. The number of hydrogen-bond donors (Lipinski definition) is 1. The van der Waals surface area contributed by atoms with Crippen LogP contribution in [0.1, 0.15) is 6.92 Å². The Labute approximate surface area is 164 Å². The summed E-state index contributed by atoms with van der Waals surface area (Å²) in [6, 6.07) is 8.28. The number of anilines is 1. The van der Waals surface area contributed by atoms with E-state index >= 15 is 0 Å². The number of esters is 1. The molecule has 1 N–H and O–H groups in total. The van der Waals surface area contributed by atoms with Gasteiger partial charge in [-0.2, -0.15) is 0 Å². The Morgan fingerprint density at radius 2 is 1.86 bits per heavy atom. The predicted molar refractivity (Wildman–Crippen MR) is 98.7 cm³/mol. The molecule has 0 saturated carbocycles. The van der Waals surface area contributed by atoms with Crippen LogP contribution in [0.25, 0.3) is 0 Å². The molecule has 1 atom stereocenters. The Kier molecular flexibility index (Phi) is 6.35. The van der Waals surface area contributed by atoms with E-state index in [1.807, 2.05) is 0 Å². The van der Waals surface area contributed by atoms with Gasteiger partial charge in [0.15, 0.2) is 29.2 Å². The second-order valence-electron chi connectivity index (χ2n) is 5.84. The molecule has 1 aliphatic heterocycles. The van der Waals surface area contributed by atoms with Crippen LogP contribution in [-0.2, 0) is 14.3 Å². The van der Waals surface area contributed by atoms with E-state index < -0.39 is 29.6 Å². The van der Waals surface area contributed by atoms with Crippen LogP contribution in [0.3, 0.4) is 0 Å². The minimum absolute atomic E-state index is 0.0115. The standard InChI is InChI=1S/C19H17F2NO5S/c1-11(19(24)22-12-2-4-14(20)15(21)8-12)27-18(23)10-28-13-3-5-16-17(9-13)26-7-6-25-16/h2-5,8-9,11H,6-7,10H2,1H3,(H,22,24)/t11-/m1/s1. The number of benzene rings is 2. The van der Waals surface area contributed by atoms with Gasteiger partial charge in [0, 0.05) is 16.6 Å². The first-order valence-corrected chi connectivity index (χ1v) is 9.39. The largest absolute Gasteiger partial charge is 0.486 e. The summed E-state index contributed by atoms with van der Waals surface area (Å²) in [5, 5.41) is 2.36. The van der Waals surface area contributed by atoms with Crippen LogP contribution in [0, 0.1) is 11.6 Å². The lowest BCUT2D eigenvalue weighted by Crippen LogP contribution is -2.30. The number of carbonyl (C=O) groups excluding carboxylic acids is 2. The van der Waals surface area contributed by atoms with Gasteiger partial charge in [-0.05, 0) is 37.3 Å². The van der Waals surface area contributed by atoms with Gasteiger partial charge in [-0.1, -0.05) is 0 Å². The molecule has 6 nitrogen and oxygen atoms in total. The highest BCUT2D eigenvalue weighted by Gasteiger charge is 2.19. The van der Waals surface area contributed by atoms with Crippen molar-refractivity contribution in [3.8, 4) is 11.5 Å². The fraction of sp³-hybridized carbons (Fsp3) is 0.263. The Balaban J connectivity index is 1.48. The highest BCUT2D eigenvalue weighted by molar-refractivity contribution is 8.00. The minimum Gasteiger partial charge on any atom is -0.486 e. The summed E-state index contributed by atoms with van der Waals surface area (Å²) in [7, 11) is 0. The molecule has 0 unspecified atom stereocenters. The second kappa shape index (κ2) is 8.92. The number of fused-ring (bicyclic) bond motifs is 1. The van der Waals surface area contributed by atoms with Gasteiger partial charge < -0.3 is 19.5 Å². The van der Waals surface area contributed by atoms with Gasteiger partial charge in [-0.25, -0.2) is 8.78 Å². The third-order valence-corrected chi connectivity index (χ3v) is 4.70. The predicted octanol–water partition coefficient (Wildman–Crippen LogP) is 3.40. The third kappa shape index (κ3) is 5.13. The van der Waals surface area contributed by atoms with Crippen LogP contribution in [0.15, 0.2) is 41.3 Å². The molecule has 28 heavy (non-hydrogen) atoms. The summed E-state index contributed by atoms with van der Waals surface area (Å²) in [5.74, 6) is -2.09. The summed E-state index contributed by atoms with van der Waals surface area (Å²) < 4.78 is 42.1. The molecule has 2 aromatic carbocycles. The van der Waals surface area contributed by atoms with E-state index in [9.17, 15) is 18.4 Å². The lowest BCUT2D eigenvalue weighted by Gasteiger charge is -2.18. The van der Waals surface area contributed by atoms with Crippen molar-refractivity contribution < 1.29 is 32.6 Å². The van der Waals surface area contributed by atoms with Gasteiger partial charge in [0.25, 0.3) is 5.91 Å². The van der Waals surface area contributed by atoms with Crippen LogP contribution in [-0.4, -0.2) is 36.9 Å². The van der Waals surface area contributed by atoms with Crippen molar-refractivity contribution in [3.05, 3.63) is 48.0 Å². The zero-order valence-electron chi connectivity index (χ0n) is 14.9. The molecule has 0 bridgehead atoms. The van der Waals surface area contributed by atoms with Crippen molar-refractivity contribution >= 4 is 29.3 Å². The first-order chi connectivity index (χ1) is 13.4. The van der Waals surface area contributed by atoms with Crippen molar-refractivity contribution in [1.29, 1.82) is 0 Å². The second-order valence-corrected chi connectivity index (χ2v) is 6.89. The molecule has 2 aromatic rings. The zero-order valence-corrected chi connectivity index (χ0v) is 15.7. The number of amides is 1. The fourth-order valence-electron chi connectivity index (χ4n) is 2.36. The average molecular weight is 409 g/mol. The van der Waals surface area contributed by atoms with Gasteiger partial charge in [0.05, 0.1) is 5.75 Å². The van der Waals surface area contributed by atoms with E-state index in [2.05, 4.69) is 5.32 Å². The molecule has 9 heteroatoms. The Bertz CT molecular complexity index is 893. The van der Waals surface area contributed by atoms with E-state index in [-0.39, 0.29) is 11.4 Å². The van der Waals surface area contributed by atoms with Gasteiger partial charge in [-0.15, -0.1) is 11.8 Å². The first-order valence-electron chi connectivity index (χ1n) is 8.40. The number of ether oxygens (including phenoxy) is 3. The molecular weight excluding hydrogens is 392 g/mol. The SMILES string of the molecule is C[C@@H](OC(=O)CSc1ccc2c(c1)OCCO2)C(=O)Nc1ccc(F)c(F)c1. The quantitative estimate of drug-likeness (QED) is 0.582. The van der Waals surface area contributed by atoms with Crippen molar-refractivity contribution in [3.63, 3.8) is 0 Å². The van der Waals surface area contributed by atoms with E-state index in [0.29, 0.717) is 24.7 Å². The molecule has 0 aliphatic carbocycles. The molecule has 0 fully saturated rings. The number of halogens is 2. The molecule has 3 rings (SSSR count). The monoisotopic (exact) mass is 409 g/mol. The summed E-state index contributed by atoms with van der Waals surface area (Å²) in [4.78, 5) is 24.8. The van der Waals surface area contributed by atoms with E-state index in [4.69, 9.17) is 14.2 Å². The molecule has 0 aromatic heterocycles. The number of thioether (sulfide) groups is 1. The third-order valence-electron chi connectivity index (χ3n) is 3.73. The first kappa shape index (κ1) is 19.9. The zero-order chi connectivity index (χ0) is 20.1. The Hall–Kier alpha value is -2.81. The molecular formula is C19H17F2NO5S. The van der Waals surface area contributed by atoms with Crippen LogP contribution in [0.5, 0.6) is 11.5 Å². The maximum absolute atomic E-state index is 13.2. The Morgan fingerprint density at radius 3 is 2.61 bits per heavy atom. The fourth-order valence-corrected chi connectivity index (χ4v) is 3.07. The maximum Gasteiger partial charge on any atom is 0.317 e. The van der Waals surface area contributed by atoms with Crippen molar-refractivity contribution in [1.82, 2.24) is 0 Å². The van der Waals surface area contributed by atoms with Crippen LogP contribution >= 0.6 is 11.8 Å². The average Bonchev–Trinajstić information content (AvgIpc) is 2.69. The van der Waals surface area contributed by atoms with Crippen molar-refractivity contribution in [2.75, 3.05) is 24.3 Å². The normalized spacial score (nSPS) is 13.5. The summed E-state index contributed by atoms with van der Waals surface area (Å²) in [6.45, 7) is 2.35. The van der Waals surface area contributed by atoms with Crippen molar-refractivity contribution in [2.24, 2.45) is 0 Å². The van der Waals surface area contributed by atoms with E-state index in [1.54, 1.807) is 18.2 Å². The van der Waals surface area contributed by atoms with E-state index in [1.165, 1.54) is 24.8 Å². The number of hydrogen-bond acceptors (Lipinski definition) is 6. The van der Waals surface area contributed by atoms with E-state index in [0.717, 1.165) is 17.0 Å².